The summed E-state index contributed by atoms with van der Waals surface area (Å²) >= 11 is 0. The summed E-state index contributed by atoms with van der Waals surface area (Å²) in [5, 5.41) is 17.5. The van der Waals surface area contributed by atoms with Crippen molar-refractivity contribution in [3.05, 3.63) is 41.6 Å². The topological polar surface area (TPSA) is 119 Å². The summed E-state index contributed by atoms with van der Waals surface area (Å²) in [6.07, 6.45) is 1.62. The van der Waals surface area contributed by atoms with Crippen molar-refractivity contribution in [3.63, 3.8) is 0 Å². The van der Waals surface area contributed by atoms with E-state index in [0.717, 1.165) is 0 Å². The maximum atomic E-state index is 11.9. The van der Waals surface area contributed by atoms with Gasteiger partial charge in [0, 0.05) is 6.20 Å². The molecule has 0 bridgehead atoms. The molecule has 0 aliphatic carbocycles. The molecular weight excluding hydrogens is 300 g/mol. The van der Waals surface area contributed by atoms with Crippen molar-refractivity contribution in [1.29, 1.82) is 0 Å². The molecule has 0 saturated heterocycles. The van der Waals surface area contributed by atoms with Gasteiger partial charge < -0.3 is 20.3 Å². The molecule has 0 saturated carbocycles. The van der Waals surface area contributed by atoms with Crippen LogP contribution in [-0.2, 0) is 14.3 Å². The van der Waals surface area contributed by atoms with Crippen molar-refractivity contribution in [2.24, 2.45) is 15.9 Å². The molecule has 0 aliphatic heterocycles. The van der Waals surface area contributed by atoms with E-state index in [1.165, 1.54) is 0 Å². The van der Waals surface area contributed by atoms with Gasteiger partial charge in [-0.1, -0.05) is 6.07 Å². The molecule has 0 aliphatic rings. The lowest BCUT2D eigenvalue weighted by molar-refractivity contribution is -0.138. The number of aliphatic hydroxyl groups excluding tert-OH is 1. The highest BCUT2D eigenvalue weighted by atomic mass is 16.6. The molecule has 0 amide bonds. The van der Waals surface area contributed by atoms with Crippen LogP contribution in [0.3, 0.4) is 0 Å². The molecule has 124 valence electrons. The maximum absolute atomic E-state index is 11.9. The van der Waals surface area contributed by atoms with Crippen molar-refractivity contribution < 1.29 is 19.4 Å². The second-order valence-corrected chi connectivity index (χ2v) is 4.22. The van der Waals surface area contributed by atoms with Crippen molar-refractivity contribution in [1.82, 2.24) is 4.98 Å². The van der Waals surface area contributed by atoms with Gasteiger partial charge in [-0.25, -0.2) is 4.79 Å². The number of ether oxygens (including phenoxy) is 2. The van der Waals surface area contributed by atoms with Crippen LogP contribution in [-0.4, -0.2) is 40.8 Å². The van der Waals surface area contributed by atoms with Gasteiger partial charge in [-0.15, -0.1) is 5.10 Å². The molecule has 0 fully saturated rings. The monoisotopic (exact) mass is 320 g/mol. The zero-order chi connectivity index (χ0) is 17.2. The van der Waals surface area contributed by atoms with E-state index in [0.29, 0.717) is 11.4 Å². The van der Waals surface area contributed by atoms with E-state index in [1.807, 2.05) is 0 Å². The van der Waals surface area contributed by atoms with Crippen LogP contribution in [0.2, 0.25) is 0 Å². The van der Waals surface area contributed by atoms with E-state index in [2.05, 4.69) is 15.2 Å². The van der Waals surface area contributed by atoms with Gasteiger partial charge >= 0.3 is 5.97 Å². The summed E-state index contributed by atoms with van der Waals surface area (Å²) in [5.41, 5.74) is 6.47. The van der Waals surface area contributed by atoms with Gasteiger partial charge in [0.25, 0.3) is 5.95 Å². The third kappa shape index (κ3) is 5.42. The number of aromatic nitrogens is 1. The second-order valence-electron chi connectivity index (χ2n) is 4.22. The Morgan fingerprint density at radius 1 is 1.26 bits per heavy atom. The smallest absolute Gasteiger partial charge is 0.349 e. The van der Waals surface area contributed by atoms with Crippen LogP contribution >= 0.6 is 0 Å². The fourth-order valence-corrected chi connectivity index (χ4v) is 1.52. The highest BCUT2D eigenvalue weighted by Gasteiger charge is 2.22. The van der Waals surface area contributed by atoms with Gasteiger partial charge in [0.2, 0.25) is 0 Å². The zero-order valence-electron chi connectivity index (χ0n) is 13.3. The van der Waals surface area contributed by atoms with Crippen molar-refractivity contribution in [2.45, 2.75) is 20.8 Å². The average Bonchev–Trinajstić information content (AvgIpc) is 2.54. The molecule has 8 nitrogen and oxygen atoms in total. The maximum Gasteiger partial charge on any atom is 0.349 e. The van der Waals surface area contributed by atoms with Crippen LogP contribution in [0.5, 0.6) is 0 Å². The van der Waals surface area contributed by atoms with E-state index < -0.39 is 11.9 Å². The number of carbonyl (C=O) groups is 1. The number of pyridine rings is 1. The van der Waals surface area contributed by atoms with Crippen LogP contribution in [0, 0.1) is 0 Å². The molecular formula is C15H20N4O4. The van der Waals surface area contributed by atoms with Crippen LogP contribution in [0.15, 0.2) is 46.1 Å². The highest BCUT2D eigenvalue weighted by Crippen LogP contribution is 2.08. The Hall–Kier alpha value is -2.90. The summed E-state index contributed by atoms with van der Waals surface area (Å²) in [7, 11) is 0. The zero-order valence-corrected chi connectivity index (χ0v) is 13.3. The van der Waals surface area contributed by atoms with Crippen molar-refractivity contribution in [2.75, 3.05) is 13.2 Å². The van der Waals surface area contributed by atoms with Crippen LogP contribution in [0.1, 0.15) is 26.5 Å². The molecule has 1 rings (SSSR count). The fourth-order valence-electron chi connectivity index (χ4n) is 1.52. The Balaban J connectivity index is 3.11. The minimum absolute atomic E-state index is 0.116. The Kier molecular flexibility index (Phi) is 7.25. The highest BCUT2D eigenvalue weighted by molar-refractivity contribution is 6.18. The molecule has 0 radical (unpaired) electrons. The predicted molar refractivity (Wildman–Crippen MR) is 86.0 cm³/mol. The summed E-state index contributed by atoms with van der Waals surface area (Å²) < 4.78 is 9.72. The molecule has 0 atom stereocenters. The van der Waals surface area contributed by atoms with Crippen molar-refractivity contribution >= 4 is 17.5 Å². The summed E-state index contributed by atoms with van der Waals surface area (Å²) in [6.45, 7) is 5.23. The van der Waals surface area contributed by atoms with E-state index in [-0.39, 0.29) is 24.6 Å². The number of aliphatic hydroxyl groups is 1. The summed E-state index contributed by atoms with van der Waals surface area (Å²) in [5.74, 6) is -1.81. The van der Waals surface area contributed by atoms with E-state index in [9.17, 15) is 9.90 Å². The average molecular weight is 320 g/mol. The number of esters is 1. The van der Waals surface area contributed by atoms with Gasteiger partial charge in [-0.05, 0) is 32.9 Å². The molecule has 1 aromatic heterocycles. The van der Waals surface area contributed by atoms with Crippen molar-refractivity contribution in [3.8, 4) is 0 Å². The second kappa shape index (κ2) is 9.19. The lowest BCUT2D eigenvalue weighted by Crippen LogP contribution is -2.25. The standard InChI is InChI=1S/C15H20N4O4/c1-4-22-14(20)12(15(21)23-5-2)13(16)19-18-10(3)11-8-6-7-9-17-11/h6-9,20H,4-5H2,1-3H3,(H2,16,19)/b14-12-,18-10?. The number of hydrogen-bond acceptors (Lipinski definition) is 7. The molecule has 0 aromatic carbocycles. The fraction of sp³-hybridized carbons (Fsp3) is 0.333. The quantitative estimate of drug-likeness (QED) is 0.196. The third-order valence-electron chi connectivity index (χ3n) is 2.57. The molecule has 0 unspecified atom stereocenters. The first-order chi connectivity index (χ1) is 11.0. The van der Waals surface area contributed by atoms with Crippen LogP contribution in [0.4, 0.5) is 0 Å². The lowest BCUT2D eigenvalue weighted by Gasteiger charge is -2.08. The van der Waals surface area contributed by atoms with Gasteiger partial charge in [0.1, 0.15) is 0 Å². The SMILES string of the molecule is CCOC(=O)C(/C(N)=N/N=C(C)c1ccccn1)=C(/O)OCC. The summed E-state index contributed by atoms with van der Waals surface area (Å²) in [6, 6.07) is 5.33. The molecule has 1 aromatic rings. The van der Waals surface area contributed by atoms with E-state index in [1.54, 1.807) is 45.2 Å². The van der Waals surface area contributed by atoms with E-state index >= 15 is 0 Å². The van der Waals surface area contributed by atoms with Crippen LogP contribution in [0.25, 0.3) is 0 Å². The van der Waals surface area contributed by atoms with Crippen LogP contribution < -0.4 is 5.73 Å². The first-order valence-electron chi connectivity index (χ1n) is 7.03. The Morgan fingerprint density at radius 2 is 1.96 bits per heavy atom. The minimum Gasteiger partial charge on any atom is -0.480 e. The first-order valence-corrected chi connectivity index (χ1v) is 7.03. The largest absolute Gasteiger partial charge is 0.480 e. The number of hydrogen-bond donors (Lipinski definition) is 2. The summed E-state index contributed by atoms with van der Waals surface area (Å²) in [4.78, 5) is 16.0. The molecule has 0 spiro atoms. The number of nitrogens with zero attached hydrogens (tertiary/aromatic N) is 3. The predicted octanol–water partition coefficient (Wildman–Crippen LogP) is 1.53. The minimum atomic E-state index is -0.842. The number of carbonyl (C=O) groups excluding carboxylic acids is 1. The normalized spacial score (nSPS) is 13.3. The molecule has 1 heterocycles. The first kappa shape index (κ1) is 18.1. The van der Waals surface area contributed by atoms with Gasteiger partial charge in [0.15, 0.2) is 11.4 Å². The number of rotatable bonds is 7. The van der Waals surface area contributed by atoms with Gasteiger partial charge in [-0.2, -0.15) is 5.10 Å². The van der Waals surface area contributed by atoms with Gasteiger partial charge in [-0.3, -0.25) is 4.98 Å². The molecule has 8 heteroatoms. The van der Waals surface area contributed by atoms with Gasteiger partial charge in [0.05, 0.1) is 24.6 Å². The Morgan fingerprint density at radius 3 is 2.52 bits per heavy atom. The Labute approximate surface area is 134 Å². The third-order valence-corrected chi connectivity index (χ3v) is 2.57. The molecule has 3 N–H and O–H groups in total. The number of amidine groups is 1. The Bertz CT molecular complexity index is 624. The molecule has 23 heavy (non-hydrogen) atoms. The van der Waals surface area contributed by atoms with E-state index in [4.69, 9.17) is 15.2 Å². The number of nitrogens with two attached hydrogens (primary N) is 1. The lowest BCUT2D eigenvalue weighted by atomic mass is 10.2.